The highest BCUT2D eigenvalue weighted by Gasteiger charge is 2.12. The number of rotatable bonds is 8. The van der Waals surface area contributed by atoms with Crippen LogP contribution in [-0.4, -0.2) is 35.9 Å². The third-order valence-electron chi connectivity index (χ3n) is 4.72. The fourth-order valence-electron chi connectivity index (χ4n) is 3.39. The average Bonchev–Trinajstić information content (AvgIpc) is 2.99. The second-order valence-electron chi connectivity index (χ2n) is 6.70. The normalized spacial score (nSPS) is 15.8. The van der Waals surface area contributed by atoms with Crippen LogP contribution < -0.4 is 10.6 Å². The van der Waals surface area contributed by atoms with Gasteiger partial charge in [-0.15, -0.1) is 24.0 Å². The Bertz CT molecular complexity index is 466. The number of aliphatic imine (C=N–C) groups is 1. The van der Waals surface area contributed by atoms with Crippen molar-refractivity contribution in [1.82, 2.24) is 20.4 Å². The molecule has 0 aliphatic heterocycles. The summed E-state index contributed by atoms with van der Waals surface area (Å²) in [7, 11) is 3.80. The highest BCUT2D eigenvalue weighted by molar-refractivity contribution is 14.0. The summed E-state index contributed by atoms with van der Waals surface area (Å²) in [5.74, 6) is 1.90. The van der Waals surface area contributed by atoms with E-state index in [-0.39, 0.29) is 24.0 Å². The van der Waals surface area contributed by atoms with E-state index in [2.05, 4.69) is 26.9 Å². The van der Waals surface area contributed by atoms with E-state index in [4.69, 9.17) is 0 Å². The molecule has 1 aromatic heterocycles. The lowest BCUT2D eigenvalue weighted by molar-refractivity contribution is 0.332. The van der Waals surface area contributed by atoms with Crippen molar-refractivity contribution in [2.24, 2.45) is 18.0 Å². The van der Waals surface area contributed by atoms with Crippen LogP contribution in [0.3, 0.4) is 0 Å². The maximum absolute atomic E-state index is 4.30. The largest absolute Gasteiger partial charge is 0.356 e. The second-order valence-corrected chi connectivity index (χ2v) is 6.70. The van der Waals surface area contributed by atoms with Gasteiger partial charge in [-0.25, -0.2) is 0 Å². The van der Waals surface area contributed by atoms with Crippen LogP contribution in [-0.2, 0) is 13.5 Å². The summed E-state index contributed by atoms with van der Waals surface area (Å²) in [6.45, 7) is 1.97. The minimum absolute atomic E-state index is 0. The maximum atomic E-state index is 4.30. The van der Waals surface area contributed by atoms with E-state index in [1.807, 2.05) is 25.0 Å². The molecule has 1 aromatic rings. The summed E-state index contributed by atoms with van der Waals surface area (Å²) < 4.78 is 1.86. The van der Waals surface area contributed by atoms with Gasteiger partial charge in [-0.05, 0) is 37.2 Å². The van der Waals surface area contributed by atoms with E-state index in [0.29, 0.717) is 0 Å². The first-order valence-electron chi connectivity index (χ1n) is 9.20. The van der Waals surface area contributed by atoms with Gasteiger partial charge in [-0.1, -0.05) is 32.1 Å². The van der Waals surface area contributed by atoms with Crippen LogP contribution in [0.5, 0.6) is 0 Å². The average molecular weight is 447 g/mol. The quantitative estimate of drug-likeness (QED) is 0.278. The Hall–Kier alpha value is -0.790. The summed E-state index contributed by atoms with van der Waals surface area (Å²) in [5.41, 5.74) is 1.30. The molecule has 0 atom stereocenters. The fraction of sp³-hybridized carbons (Fsp3) is 0.778. The Morgan fingerprint density at radius 1 is 1.21 bits per heavy atom. The zero-order chi connectivity index (χ0) is 16.3. The summed E-state index contributed by atoms with van der Waals surface area (Å²) >= 11 is 0. The fourth-order valence-corrected chi connectivity index (χ4v) is 3.39. The Morgan fingerprint density at radius 2 is 1.92 bits per heavy atom. The van der Waals surface area contributed by atoms with Gasteiger partial charge < -0.3 is 10.6 Å². The van der Waals surface area contributed by atoms with Crippen molar-refractivity contribution in [2.75, 3.05) is 20.1 Å². The summed E-state index contributed by atoms with van der Waals surface area (Å²) in [4.78, 5) is 4.30. The van der Waals surface area contributed by atoms with Crippen LogP contribution in [0.4, 0.5) is 0 Å². The molecule has 0 radical (unpaired) electrons. The Labute approximate surface area is 164 Å². The van der Waals surface area contributed by atoms with Crippen LogP contribution in [0.1, 0.15) is 56.9 Å². The molecule has 0 bridgehead atoms. The molecule has 0 aromatic carbocycles. The molecule has 5 nitrogen and oxygen atoms in total. The number of halogens is 1. The topological polar surface area (TPSA) is 54.2 Å². The summed E-state index contributed by atoms with van der Waals surface area (Å²) in [5, 5.41) is 11.0. The molecular formula is C18H34IN5. The first-order chi connectivity index (χ1) is 11.3. The molecule has 0 unspecified atom stereocenters. The lowest BCUT2D eigenvalue weighted by Gasteiger charge is -2.21. The molecule has 1 heterocycles. The molecular weight excluding hydrogens is 413 g/mol. The SMILES string of the molecule is CN=C(NCCCc1cnn(C)c1)NCCCC1CCCCC1.I. The molecule has 138 valence electrons. The van der Waals surface area contributed by atoms with Crippen molar-refractivity contribution in [2.45, 2.75) is 57.8 Å². The molecule has 0 spiro atoms. The number of nitrogens with one attached hydrogen (secondary N) is 2. The van der Waals surface area contributed by atoms with Gasteiger partial charge in [-0.3, -0.25) is 9.67 Å². The number of aromatic nitrogens is 2. The molecule has 6 heteroatoms. The van der Waals surface area contributed by atoms with E-state index in [9.17, 15) is 0 Å². The van der Waals surface area contributed by atoms with E-state index in [1.165, 1.54) is 50.5 Å². The summed E-state index contributed by atoms with van der Waals surface area (Å²) in [6.07, 6.45) is 16.0. The smallest absolute Gasteiger partial charge is 0.190 e. The minimum atomic E-state index is 0. The molecule has 24 heavy (non-hydrogen) atoms. The number of nitrogens with zero attached hydrogens (tertiary/aromatic N) is 3. The van der Waals surface area contributed by atoms with Gasteiger partial charge in [0.05, 0.1) is 6.20 Å². The van der Waals surface area contributed by atoms with Gasteiger partial charge in [0.25, 0.3) is 0 Å². The van der Waals surface area contributed by atoms with Crippen LogP contribution >= 0.6 is 24.0 Å². The van der Waals surface area contributed by atoms with Crippen LogP contribution in [0.25, 0.3) is 0 Å². The van der Waals surface area contributed by atoms with Crippen LogP contribution in [0, 0.1) is 5.92 Å². The van der Waals surface area contributed by atoms with Gasteiger partial charge in [0.15, 0.2) is 5.96 Å². The zero-order valence-electron chi connectivity index (χ0n) is 15.3. The molecule has 0 saturated heterocycles. The minimum Gasteiger partial charge on any atom is -0.356 e. The summed E-state index contributed by atoms with van der Waals surface area (Å²) in [6, 6.07) is 0. The van der Waals surface area contributed by atoms with Crippen molar-refractivity contribution in [1.29, 1.82) is 0 Å². The lowest BCUT2D eigenvalue weighted by Crippen LogP contribution is -2.38. The van der Waals surface area contributed by atoms with E-state index >= 15 is 0 Å². The molecule has 1 aliphatic rings. The Morgan fingerprint density at radius 3 is 2.54 bits per heavy atom. The van der Waals surface area contributed by atoms with E-state index in [1.54, 1.807) is 0 Å². The predicted octanol–water partition coefficient (Wildman–Crippen LogP) is 3.50. The van der Waals surface area contributed by atoms with Crippen molar-refractivity contribution in [3.63, 3.8) is 0 Å². The van der Waals surface area contributed by atoms with Crippen LogP contribution in [0.15, 0.2) is 17.4 Å². The number of aryl methyl sites for hydroxylation is 2. The van der Waals surface area contributed by atoms with E-state index < -0.39 is 0 Å². The molecule has 0 amide bonds. The third-order valence-corrected chi connectivity index (χ3v) is 4.72. The van der Waals surface area contributed by atoms with Crippen molar-refractivity contribution in [3.05, 3.63) is 18.0 Å². The van der Waals surface area contributed by atoms with Crippen molar-refractivity contribution < 1.29 is 0 Å². The number of hydrogen-bond donors (Lipinski definition) is 2. The maximum Gasteiger partial charge on any atom is 0.190 e. The molecule has 1 aliphatic carbocycles. The lowest BCUT2D eigenvalue weighted by atomic mass is 9.86. The zero-order valence-corrected chi connectivity index (χ0v) is 17.6. The first kappa shape index (κ1) is 21.3. The monoisotopic (exact) mass is 447 g/mol. The highest BCUT2D eigenvalue weighted by Crippen LogP contribution is 2.26. The predicted molar refractivity (Wildman–Crippen MR) is 112 cm³/mol. The third kappa shape index (κ3) is 8.35. The molecule has 1 fully saturated rings. The Kier molecular flexibility index (Phi) is 11.1. The van der Waals surface area contributed by atoms with Gasteiger partial charge in [0.2, 0.25) is 0 Å². The second kappa shape index (κ2) is 12.6. The molecule has 2 N–H and O–H groups in total. The van der Waals surface area contributed by atoms with Gasteiger partial charge in [-0.2, -0.15) is 5.10 Å². The Balaban J connectivity index is 0.00000288. The van der Waals surface area contributed by atoms with Gasteiger partial charge in [0, 0.05) is 33.4 Å². The standard InChI is InChI=1S/C18H33N5.HI/c1-19-18(20-12-6-10-16-8-4-3-5-9-16)21-13-7-11-17-14-22-23(2)15-17;/h14-16H,3-13H2,1-2H3,(H2,19,20,21);1H. The van der Waals surface area contributed by atoms with Crippen molar-refractivity contribution in [3.8, 4) is 0 Å². The first-order valence-corrected chi connectivity index (χ1v) is 9.20. The van der Waals surface area contributed by atoms with Crippen molar-refractivity contribution >= 4 is 29.9 Å². The number of hydrogen-bond acceptors (Lipinski definition) is 2. The molecule has 1 saturated carbocycles. The van der Waals surface area contributed by atoms with Crippen LogP contribution in [0.2, 0.25) is 0 Å². The van der Waals surface area contributed by atoms with Gasteiger partial charge in [0.1, 0.15) is 0 Å². The number of guanidine groups is 1. The molecule has 2 rings (SSSR count). The van der Waals surface area contributed by atoms with Gasteiger partial charge >= 0.3 is 0 Å². The highest BCUT2D eigenvalue weighted by atomic mass is 127. The van der Waals surface area contributed by atoms with E-state index in [0.717, 1.165) is 37.8 Å².